The van der Waals surface area contributed by atoms with E-state index in [1.807, 2.05) is 42.6 Å². The molecule has 2 heterocycles. The lowest BCUT2D eigenvalue weighted by molar-refractivity contribution is 0.414. The molecule has 0 spiro atoms. The first kappa shape index (κ1) is 12.2. The molecule has 0 aliphatic carbocycles. The highest BCUT2D eigenvalue weighted by Crippen LogP contribution is 2.12. The molecule has 1 aromatic carbocycles. The van der Waals surface area contributed by atoms with E-state index in [0.717, 1.165) is 22.7 Å². The maximum absolute atomic E-state index is 5.19. The van der Waals surface area contributed by atoms with Crippen molar-refractivity contribution in [3.8, 4) is 17.6 Å². The minimum absolute atomic E-state index is 0.670. The molecule has 0 unspecified atom stereocenters. The van der Waals surface area contributed by atoms with Crippen LogP contribution in [-0.2, 0) is 6.42 Å². The van der Waals surface area contributed by atoms with Gasteiger partial charge in [-0.05, 0) is 29.7 Å². The van der Waals surface area contributed by atoms with Gasteiger partial charge in [0.25, 0.3) is 0 Å². The average molecular weight is 263 g/mol. The molecule has 3 rings (SSSR count). The molecule has 0 saturated carbocycles. The van der Waals surface area contributed by atoms with Gasteiger partial charge in [-0.15, -0.1) is 0 Å². The topological polar surface area (TPSA) is 39.4 Å². The molecule has 0 amide bonds. The van der Waals surface area contributed by atoms with Crippen molar-refractivity contribution in [2.45, 2.75) is 6.42 Å². The predicted molar refractivity (Wildman–Crippen MR) is 76.6 cm³/mol. The number of rotatable bonds is 2. The van der Waals surface area contributed by atoms with Crippen molar-refractivity contribution < 1.29 is 4.74 Å². The van der Waals surface area contributed by atoms with Gasteiger partial charge in [0.05, 0.1) is 13.3 Å². The standard InChI is InChI=1S/C16H13N3O/c1-20-15-7-3-5-13(12-15)4-2-6-14-9-11-19-16(18-14)8-10-17-19/h3,5,7-12H,4H2,1H3. The molecule has 0 atom stereocenters. The fraction of sp³-hybridized carbons (Fsp3) is 0.125. The highest BCUT2D eigenvalue weighted by molar-refractivity contribution is 5.41. The molecule has 4 nitrogen and oxygen atoms in total. The van der Waals surface area contributed by atoms with Crippen LogP contribution in [0.1, 0.15) is 11.3 Å². The van der Waals surface area contributed by atoms with Crippen molar-refractivity contribution >= 4 is 5.65 Å². The zero-order chi connectivity index (χ0) is 13.8. The molecule has 0 aliphatic rings. The average Bonchev–Trinajstić information content (AvgIpc) is 2.95. The van der Waals surface area contributed by atoms with Crippen molar-refractivity contribution in [2.24, 2.45) is 0 Å². The molecule has 0 N–H and O–H groups in total. The summed E-state index contributed by atoms with van der Waals surface area (Å²) in [5.41, 5.74) is 2.68. The van der Waals surface area contributed by atoms with E-state index in [4.69, 9.17) is 4.74 Å². The van der Waals surface area contributed by atoms with E-state index in [1.54, 1.807) is 17.8 Å². The summed E-state index contributed by atoms with van der Waals surface area (Å²) in [6.45, 7) is 0. The van der Waals surface area contributed by atoms with Crippen LogP contribution in [0.15, 0.2) is 48.8 Å². The lowest BCUT2D eigenvalue weighted by Gasteiger charge is -2.00. The number of hydrogen-bond acceptors (Lipinski definition) is 3. The van der Waals surface area contributed by atoms with Crippen molar-refractivity contribution in [1.29, 1.82) is 0 Å². The van der Waals surface area contributed by atoms with Crippen LogP contribution in [0.3, 0.4) is 0 Å². The van der Waals surface area contributed by atoms with Gasteiger partial charge in [-0.1, -0.05) is 18.1 Å². The van der Waals surface area contributed by atoms with Crippen LogP contribution in [0, 0.1) is 11.8 Å². The molecule has 0 bridgehead atoms. The Morgan fingerprint density at radius 1 is 1.25 bits per heavy atom. The van der Waals surface area contributed by atoms with Crippen LogP contribution >= 0.6 is 0 Å². The summed E-state index contributed by atoms with van der Waals surface area (Å²) in [5, 5.41) is 4.10. The van der Waals surface area contributed by atoms with E-state index in [2.05, 4.69) is 21.9 Å². The molecule has 4 heteroatoms. The first-order chi connectivity index (χ1) is 9.85. The van der Waals surface area contributed by atoms with Crippen molar-refractivity contribution in [1.82, 2.24) is 14.6 Å². The smallest absolute Gasteiger partial charge is 0.156 e. The van der Waals surface area contributed by atoms with Crippen LogP contribution in [0.4, 0.5) is 0 Å². The largest absolute Gasteiger partial charge is 0.497 e. The van der Waals surface area contributed by atoms with Gasteiger partial charge >= 0.3 is 0 Å². The third-order valence-corrected chi connectivity index (χ3v) is 2.90. The Balaban J connectivity index is 1.77. The lowest BCUT2D eigenvalue weighted by atomic mass is 10.1. The lowest BCUT2D eigenvalue weighted by Crippen LogP contribution is -1.91. The molecule has 20 heavy (non-hydrogen) atoms. The van der Waals surface area contributed by atoms with Crippen molar-refractivity contribution in [3.05, 3.63) is 60.0 Å². The van der Waals surface area contributed by atoms with Gasteiger partial charge in [0, 0.05) is 18.7 Å². The Labute approximate surface area is 117 Å². The van der Waals surface area contributed by atoms with E-state index in [-0.39, 0.29) is 0 Å². The normalized spacial score (nSPS) is 10.1. The highest BCUT2D eigenvalue weighted by atomic mass is 16.5. The first-order valence-electron chi connectivity index (χ1n) is 6.27. The third-order valence-electron chi connectivity index (χ3n) is 2.90. The van der Waals surface area contributed by atoms with Gasteiger partial charge in [-0.25, -0.2) is 9.50 Å². The summed E-state index contributed by atoms with van der Waals surface area (Å²) in [7, 11) is 1.66. The van der Waals surface area contributed by atoms with E-state index in [9.17, 15) is 0 Å². The summed E-state index contributed by atoms with van der Waals surface area (Å²) in [5.74, 6) is 7.05. The second-order valence-corrected chi connectivity index (χ2v) is 4.28. The van der Waals surface area contributed by atoms with Gasteiger partial charge in [-0.3, -0.25) is 0 Å². The number of benzene rings is 1. The Bertz CT molecular complexity index is 796. The Morgan fingerprint density at radius 3 is 3.10 bits per heavy atom. The van der Waals surface area contributed by atoms with E-state index < -0.39 is 0 Å². The maximum atomic E-state index is 5.19. The first-order valence-corrected chi connectivity index (χ1v) is 6.27. The molecule has 0 saturated heterocycles. The second-order valence-electron chi connectivity index (χ2n) is 4.28. The summed E-state index contributed by atoms with van der Waals surface area (Å²) in [6.07, 6.45) is 4.25. The molecule has 3 aromatic rings. The van der Waals surface area contributed by atoms with Crippen molar-refractivity contribution in [3.63, 3.8) is 0 Å². The number of nitrogens with zero attached hydrogens (tertiary/aromatic N) is 3. The van der Waals surface area contributed by atoms with Gasteiger partial charge < -0.3 is 4.74 Å². The minimum Gasteiger partial charge on any atom is -0.497 e. The van der Waals surface area contributed by atoms with E-state index >= 15 is 0 Å². The van der Waals surface area contributed by atoms with Crippen LogP contribution < -0.4 is 4.74 Å². The van der Waals surface area contributed by atoms with Gasteiger partial charge in [0.15, 0.2) is 5.65 Å². The monoisotopic (exact) mass is 263 g/mol. The van der Waals surface area contributed by atoms with Crippen LogP contribution in [0.25, 0.3) is 5.65 Å². The van der Waals surface area contributed by atoms with E-state index in [1.165, 1.54) is 0 Å². The third kappa shape index (κ3) is 2.62. The number of fused-ring (bicyclic) bond motifs is 1. The van der Waals surface area contributed by atoms with Gasteiger partial charge in [0.2, 0.25) is 0 Å². The number of hydrogen-bond donors (Lipinski definition) is 0. The quantitative estimate of drug-likeness (QED) is 0.666. The summed E-state index contributed by atoms with van der Waals surface area (Å²) >= 11 is 0. The number of ether oxygens (including phenoxy) is 1. The highest BCUT2D eigenvalue weighted by Gasteiger charge is 1.96. The zero-order valence-electron chi connectivity index (χ0n) is 11.1. The molecule has 0 fully saturated rings. The van der Waals surface area contributed by atoms with Crippen LogP contribution in [-0.4, -0.2) is 21.7 Å². The molecular formula is C16H13N3O. The van der Waals surface area contributed by atoms with Crippen LogP contribution in [0.2, 0.25) is 0 Å². The predicted octanol–water partition coefficient (Wildman–Crippen LogP) is 2.33. The fourth-order valence-electron chi connectivity index (χ4n) is 1.90. The zero-order valence-corrected chi connectivity index (χ0v) is 11.1. The second kappa shape index (κ2) is 5.45. The summed E-state index contributed by atoms with van der Waals surface area (Å²) in [6, 6.07) is 11.6. The molecular weight excluding hydrogens is 250 g/mol. The fourth-order valence-corrected chi connectivity index (χ4v) is 1.90. The minimum atomic E-state index is 0.670. The maximum Gasteiger partial charge on any atom is 0.156 e. The molecule has 0 aliphatic heterocycles. The van der Waals surface area contributed by atoms with E-state index in [0.29, 0.717) is 6.42 Å². The Kier molecular flexibility index (Phi) is 3.34. The number of aromatic nitrogens is 3. The van der Waals surface area contributed by atoms with Crippen molar-refractivity contribution in [2.75, 3.05) is 7.11 Å². The summed E-state index contributed by atoms with van der Waals surface area (Å²) in [4.78, 5) is 4.40. The Hall–Kier alpha value is -2.80. The molecule has 2 aromatic heterocycles. The molecule has 0 radical (unpaired) electrons. The van der Waals surface area contributed by atoms with Gasteiger partial charge in [0.1, 0.15) is 11.4 Å². The molecule has 98 valence electrons. The number of methoxy groups -OCH3 is 1. The van der Waals surface area contributed by atoms with Gasteiger partial charge in [-0.2, -0.15) is 5.10 Å². The Morgan fingerprint density at radius 2 is 2.20 bits per heavy atom. The SMILES string of the molecule is COc1cccc(CC#Cc2ccn3nccc3n2)c1. The summed E-state index contributed by atoms with van der Waals surface area (Å²) < 4.78 is 6.90. The van der Waals surface area contributed by atoms with Crippen LogP contribution in [0.5, 0.6) is 5.75 Å².